The minimum Gasteiger partial charge on any atom is -0.333 e. The maximum atomic E-state index is 12.5. The molecule has 2 saturated heterocycles. The summed E-state index contributed by atoms with van der Waals surface area (Å²) in [4.78, 5) is 47.0. The minimum absolute atomic E-state index is 0.140. The number of carbonyl (C=O) groups excluding carboxylic acids is 3. The summed E-state index contributed by atoms with van der Waals surface area (Å²) in [5.74, 6) is -0.169. The molecule has 1 aromatic rings. The van der Waals surface area contributed by atoms with E-state index in [0.29, 0.717) is 32.5 Å². The Morgan fingerprint density at radius 2 is 1.92 bits per heavy atom. The van der Waals surface area contributed by atoms with E-state index in [-0.39, 0.29) is 18.0 Å². The third-order valence-corrected chi connectivity index (χ3v) is 6.74. The smallest absolute Gasteiger partial charge is 0.327 e. The number of nitrogens with one attached hydrogen (secondary N) is 1. The van der Waals surface area contributed by atoms with E-state index in [0.717, 1.165) is 22.0 Å². The Morgan fingerprint density at radius 1 is 1.27 bits per heavy atom. The summed E-state index contributed by atoms with van der Waals surface area (Å²) in [5, 5.41) is 4.02. The van der Waals surface area contributed by atoms with Crippen molar-refractivity contribution in [1.82, 2.24) is 25.0 Å². The molecule has 1 N–H and O–H groups in total. The Morgan fingerprint density at radius 3 is 2.42 bits per heavy atom. The first kappa shape index (κ1) is 18.6. The van der Waals surface area contributed by atoms with Gasteiger partial charge in [0.1, 0.15) is 5.54 Å². The lowest BCUT2D eigenvalue weighted by Gasteiger charge is -2.40. The van der Waals surface area contributed by atoms with Crippen molar-refractivity contribution in [2.24, 2.45) is 0 Å². The molecule has 0 bridgehead atoms. The van der Waals surface area contributed by atoms with Crippen LogP contribution in [0.3, 0.4) is 0 Å². The number of aryl methyl sites for hydroxylation is 2. The topological polar surface area (TPSA) is 85.9 Å². The number of nitrogens with zero attached hydrogens (tertiary/aromatic N) is 4. The number of likely N-dealkylation sites (tertiary alicyclic amines) is 1. The van der Waals surface area contributed by atoms with Crippen LogP contribution in [0.1, 0.15) is 35.3 Å². The van der Waals surface area contributed by atoms with Crippen molar-refractivity contribution in [2.45, 2.75) is 45.2 Å². The summed E-state index contributed by atoms with van der Waals surface area (Å²) in [6, 6.07) is -0.418. The molecular formula is C17H25N5O3S. The van der Waals surface area contributed by atoms with Crippen molar-refractivity contribution < 1.29 is 14.4 Å². The fraction of sp³-hybridized carbons (Fsp3) is 0.647. The highest BCUT2D eigenvalue weighted by atomic mass is 32.1. The molecule has 0 aliphatic carbocycles. The zero-order valence-corrected chi connectivity index (χ0v) is 16.5. The summed E-state index contributed by atoms with van der Waals surface area (Å²) in [6.45, 7) is 5.38. The molecular weight excluding hydrogens is 354 g/mol. The number of rotatable bonds is 3. The molecule has 1 spiro atoms. The summed E-state index contributed by atoms with van der Waals surface area (Å²) in [6.07, 6.45) is 1.82. The second-order valence-electron chi connectivity index (χ2n) is 6.85. The number of urea groups is 2. The van der Waals surface area contributed by atoms with Gasteiger partial charge in [-0.2, -0.15) is 0 Å². The third-order valence-electron chi connectivity index (χ3n) is 5.44. The summed E-state index contributed by atoms with van der Waals surface area (Å²) < 4.78 is 0. The molecule has 2 aliphatic heterocycles. The number of imide groups is 1. The molecule has 142 valence electrons. The maximum Gasteiger partial charge on any atom is 0.327 e. The number of piperidine rings is 1. The van der Waals surface area contributed by atoms with Gasteiger partial charge in [0.2, 0.25) is 0 Å². The van der Waals surface area contributed by atoms with Crippen LogP contribution in [0, 0.1) is 6.92 Å². The van der Waals surface area contributed by atoms with Gasteiger partial charge in [-0.05, 0) is 26.2 Å². The molecule has 0 radical (unpaired) electrons. The van der Waals surface area contributed by atoms with Gasteiger partial charge >= 0.3 is 12.1 Å². The quantitative estimate of drug-likeness (QED) is 0.808. The van der Waals surface area contributed by atoms with E-state index in [2.05, 4.69) is 17.2 Å². The van der Waals surface area contributed by atoms with Crippen LogP contribution < -0.4 is 5.32 Å². The summed E-state index contributed by atoms with van der Waals surface area (Å²) in [7, 11) is 3.17. The third kappa shape index (κ3) is 2.94. The first-order valence-corrected chi connectivity index (χ1v) is 9.65. The Bertz CT molecular complexity index is 739. The number of amides is 5. The van der Waals surface area contributed by atoms with Gasteiger partial charge in [0.25, 0.3) is 5.91 Å². The van der Waals surface area contributed by atoms with E-state index in [4.69, 9.17) is 0 Å². The Hall–Kier alpha value is -2.16. The highest BCUT2D eigenvalue weighted by Crippen LogP contribution is 2.35. The lowest BCUT2D eigenvalue weighted by molar-refractivity contribution is -0.134. The van der Waals surface area contributed by atoms with Gasteiger partial charge in [-0.1, -0.05) is 6.92 Å². The number of hydrogen-bond donors (Lipinski definition) is 1. The van der Waals surface area contributed by atoms with Gasteiger partial charge in [0, 0.05) is 32.1 Å². The van der Waals surface area contributed by atoms with Crippen LogP contribution >= 0.6 is 11.3 Å². The van der Waals surface area contributed by atoms with Crippen LogP contribution in [0.25, 0.3) is 0 Å². The Balaban J connectivity index is 1.58. The van der Waals surface area contributed by atoms with Gasteiger partial charge in [0.15, 0.2) is 0 Å². The van der Waals surface area contributed by atoms with Crippen LogP contribution in [-0.4, -0.2) is 70.4 Å². The Kier molecular flexibility index (Phi) is 4.92. The van der Waals surface area contributed by atoms with Gasteiger partial charge in [-0.3, -0.25) is 9.69 Å². The van der Waals surface area contributed by atoms with Crippen molar-refractivity contribution >= 4 is 29.3 Å². The fourth-order valence-electron chi connectivity index (χ4n) is 3.65. The first-order chi connectivity index (χ1) is 12.3. The molecule has 1 aromatic heterocycles. The van der Waals surface area contributed by atoms with Gasteiger partial charge in [0.05, 0.1) is 17.2 Å². The van der Waals surface area contributed by atoms with Gasteiger partial charge in [-0.15, -0.1) is 11.3 Å². The van der Waals surface area contributed by atoms with Gasteiger partial charge in [-0.25, -0.2) is 14.6 Å². The average molecular weight is 379 g/mol. The summed E-state index contributed by atoms with van der Waals surface area (Å²) >= 11 is 1.63. The van der Waals surface area contributed by atoms with Gasteiger partial charge < -0.3 is 15.1 Å². The molecule has 0 saturated carbocycles. The molecule has 26 heavy (non-hydrogen) atoms. The molecule has 2 aliphatic rings. The first-order valence-electron chi connectivity index (χ1n) is 8.84. The second kappa shape index (κ2) is 6.86. The fourth-order valence-corrected chi connectivity index (χ4v) is 4.60. The second-order valence-corrected chi connectivity index (χ2v) is 8.02. The van der Waals surface area contributed by atoms with Crippen LogP contribution in [0.15, 0.2) is 0 Å². The molecule has 3 heterocycles. The SMILES string of the molecule is CCc1nc(C)c(CNC(=O)N2CCC3(CC2)C(=O)N(C)C(=O)N3C)s1. The van der Waals surface area contributed by atoms with Crippen molar-refractivity contribution in [1.29, 1.82) is 0 Å². The van der Waals surface area contributed by atoms with E-state index in [1.807, 2.05) is 6.92 Å². The molecule has 3 rings (SSSR count). The molecule has 0 atom stereocenters. The van der Waals surface area contributed by atoms with E-state index in [1.54, 1.807) is 23.3 Å². The number of hydrogen-bond acceptors (Lipinski definition) is 5. The van der Waals surface area contributed by atoms with Crippen molar-refractivity contribution in [3.63, 3.8) is 0 Å². The number of carbonyl (C=O) groups is 3. The predicted molar refractivity (Wildman–Crippen MR) is 97.9 cm³/mol. The minimum atomic E-state index is -0.799. The van der Waals surface area contributed by atoms with Crippen LogP contribution in [0.4, 0.5) is 9.59 Å². The zero-order chi connectivity index (χ0) is 19.1. The molecule has 9 heteroatoms. The van der Waals surface area contributed by atoms with Crippen molar-refractivity contribution in [2.75, 3.05) is 27.2 Å². The number of likely N-dealkylation sites (N-methyl/N-ethyl adjacent to an activating group) is 2. The lowest BCUT2D eigenvalue weighted by Crippen LogP contribution is -2.57. The van der Waals surface area contributed by atoms with E-state index in [9.17, 15) is 14.4 Å². The Labute approximate surface area is 157 Å². The van der Waals surface area contributed by atoms with Crippen molar-refractivity contribution in [3.8, 4) is 0 Å². The van der Waals surface area contributed by atoms with Crippen molar-refractivity contribution in [3.05, 3.63) is 15.6 Å². The number of thiazole rings is 1. The van der Waals surface area contributed by atoms with Crippen LogP contribution in [0.5, 0.6) is 0 Å². The molecule has 5 amide bonds. The summed E-state index contributed by atoms with van der Waals surface area (Å²) in [5.41, 5.74) is 0.164. The molecule has 0 aromatic carbocycles. The molecule has 0 unspecified atom stereocenters. The normalized spacial score (nSPS) is 19.6. The van der Waals surface area contributed by atoms with E-state index < -0.39 is 5.54 Å². The highest BCUT2D eigenvalue weighted by Gasteiger charge is 2.55. The number of aromatic nitrogens is 1. The van der Waals surface area contributed by atoms with Crippen LogP contribution in [-0.2, 0) is 17.8 Å². The average Bonchev–Trinajstić information content (AvgIpc) is 3.09. The maximum absolute atomic E-state index is 12.5. The monoisotopic (exact) mass is 379 g/mol. The standard InChI is InChI=1S/C17H25N5O3S/c1-5-13-19-11(2)12(26-13)10-18-15(24)22-8-6-17(7-9-22)14(23)20(3)16(25)21(17)4/h5-10H2,1-4H3,(H,18,24). The largest absolute Gasteiger partial charge is 0.333 e. The van der Waals surface area contributed by atoms with E-state index in [1.165, 1.54) is 16.8 Å². The molecule has 2 fully saturated rings. The van der Waals surface area contributed by atoms with E-state index >= 15 is 0 Å². The van der Waals surface area contributed by atoms with Crippen LogP contribution in [0.2, 0.25) is 0 Å². The lowest BCUT2D eigenvalue weighted by atomic mass is 9.86. The molecule has 8 nitrogen and oxygen atoms in total. The predicted octanol–water partition coefficient (Wildman–Crippen LogP) is 1.58. The highest BCUT2D eigenvalue weighted by molar-refractivity contribution is 7.11. The zero-order valence-electron chi connectivity index (χ0n) is 15.7.